The topological polar surface area (TPSA) is 48.0 Å². The zero-order chi connectivity index (χ0) is 25.5. The zero-order valence-corrected chi connectivity index (χ0v) is 21.9. The molecule has 3 aromatic rings. The molecule has 1 fully saturated rings. The van der Waals surface area contributed by atoms with Crippen molar-refractivity contribution in [3.05, 3.63) is 101 Å². The van der Waals surface area contributed by atoms with Crippen molar-refractivity contribution in [1.29, 1.82) is 0 Å². The van der Waals surface area contributed by atoms with Gasteiger partial charge in [0.15, 0.2) is 15.8 Å². The summed E-state index contributed by atoms with van der Waals surface area (Å²) in [5.74, 6) is 1.70. The molecule has 0 radical (unpaired) electrons. The van der Waals surface area contributed by atoms with E-state index in [-0.39, 0.29) is 5.91 Å². The molecule has 1 saturated heterocycles. The van der Waals surface area contributed by atoms with Crippen LogP contribution in [0.25, 0.3) is 6.08 Å². The average Bonchev–Trinajstić information content (AvgIpc) is 3.16. The molecule has 0 bridgehead atoms. The minimum Gasteiger partial charge on any atom is -0.495 e. The normalized spacial score (nSPS) is 14.3. The maximum Gasteiger partial charge on any atom is 0.270 e. The van der Waals surface area contributed by atoms with E-state index in [0.29, 0.717) is 51.8 Å². The maximum atomic E-state index is 13.4. The fourth-order valence-electron chi connectivity index (χ4n) is 3.87. The Morgan fingerprint density at radius 2 is 1.78 bits per heavy atom. The Morgan fingerprint density at radius 3 is 2.50 bits per heavy atom. The number of ether oxygens (including phenoxy) is 3. The second-order valence-electron chi connectivity index (χ2n) is 7.90. The van der Waals surface area contributed by atoms with E-state index in [0.717, 1.165) is 16.7 Å². The summed E-state index contributed by atoms with van der Waals surface area (Å²) in [4.78, 5) is 15.4. The third-order valence-electron chi connectivity index (χ3n) is 5.46. The first-order chi connectivity index (χ1) is 17.5. The highest BCUT2D eigenvalue weighted by atomic mass is 32.2. The highest BCUT2D eigenvalue weighted by Gasteiger charge is 2.35. The van der Waals surface area contributed by atoms with Gasteiger partial charge in [-0.3, -0.25) is 9.69 Å². The fourth-order valence-corrected chi connectivity index (χ4v) is 5.16. The van der Waals surface area contributed by atoms with Crippen LogP contribution in [0.4, 0.5) is 5.69 Å². The zero-order valence-electron chi connectivity index (χ0n) is 20.2. The lowest BCUT2D eigenvalue weighted by atomic mass is 10.0. The third-order valence-corrected chi connectivity index (χ3v) is 6.76. The summed E-state index contributed by atoms with van der Waals surface area (Å²) in [5.41, 5.74) is 3.44. The number of carbonyl (C=O) groups excluding carboxylic acids is 1. The van der Waals surface area contributed by atoms with Crippen LogP contribution in [0.15, 0.2) is 84.3 Å². The lowest BCUT2D eigenvalue weighted by Gasteiger charge is -2.18. The number of para-hydroxylation sites is 2. The van der Waals surface area contributed by atoms with Crippen molar-refractivity contribution in [3.63, 3.8) is 0 Å². The predicted molar refractivity (Wildman–Crippen MR) is 151 cm³/mol. The summed E-state index contributed by atoms with van der Waals surface area (Å²) < 4.78 is 18.1. The van der Waals surface area contributed by atoms with Gasteiger partial charge in [-0.1, -0.05) is 72.5 Å². The number of methoxy groups -OCH3 is 1. The van der Waals surface area contributed by atoms with Crippen LogP contribution in [0.3, 0.4) is 0 Å². The molecule has 0 spiro atoms. The van der Waals surface area contributed by atoms with E-state index in [1.165, 1.54) is 16.7 Å². The third kappa shape index (κ3) is 5.64. The molecule has 0 saturated carbocycles. The molecule has 3 aromatic carbocycles. The van der Waals surface area contributed by atoms with Gasteiger partial charge in [-0.2, -0.15) is 0 Å². The highest BCUT2D eigenvalue weighted by Crippen LogP contribution is 2.41. The minimum atomic E-state index is -0.192. The molecule has 0 aromatic heterocycles. The molecule has 1 heterocycles. The van der Waals surface area contributed by atoms with Crippen molar-refractivity contribution in [2.24, 2.45) is 0 Å². The van der Waals surface area contributed by atoms with Gasteiger partial charge in [-0.15, -0.1) is 6.58 Å². The van der Waals surface area contributed by atoms with Gasteiger partial charge in [-0.25, -0.2) is 0 Å². The Balaban J connectivity index is 1.68. The molecule has 36 heavy (non-hydrogen) atoms. The summed E-state index contributed by atoms with van der Waals surface area (Å²) in [6.07, 6.45) is 4.25. The smallest absolute Gasteiger partial charge is 0.270 e. The summed E-state index contributed by atoms with van der Waals surface area (Å²) in [5, 5.41) is 0. The SMILES string of the molecule is C=CCc1cc(/C=C2\SC(=S)N(c3ccccc3OC)C2=O)cc(OCC)c1OCc1ccccc1. The Hall–Kier alpha value is -3.55. The van der Waals surface area contributed by atoms with Gasteiger partial charge in [0.1, 0.15) is 12.4 Å². The highest BCUT2D eigenvalue weighted by molar-refractivity contribution is 8.27. The summed E-state index contributed by atoms with van der Waals surface area (Å²) >= 11 is 6.81. The number of hydrogen-bond donors (Lipinski definition) is 0. The molecule has 4 rings (SSSR count). The van der Waals surface area contributed by atoms with Crippen LogP contribution in [0.2, 0.25) is 0 Å². The number of thioether (sulfide) groups is 1. The van der Waals surface area contributed by atoms with Crippen molar-refractivity contribution in [1.82, 2.24) is 0 Å². The molecule has 184 valence electrons. The predicted octanol–water partition coefficient (Wildman–Crippen LogP) is 6.81. The average molecular weight is 518 g/mol. The van der Waals surface area contributed by atoms with Crippen LogP contribution < -0.4 is 19.1 Å². The molecule has 1 amide bonds. The molecule has 1 aliphatic rings. The number of rotatable bonds is 10. The molecule has 7 heteroatoms. The monoisotopic (exact) mass is 517 g/mol. The van der Waals surface area contributed by atoms with E-state index < -0.39 is 0 Å². The van der Waals surface area contributed by atoms with Crippen molar-refractivity contribution in [2.75, 3.05) is 18.6 Å². The fraction of sp³-hybridized carbons (Fsp3) is 0.172. The molecular formula is C29H27NO4S2. The lowest BCUT2D eigenvalue weighted by Crippen LogP contribution is -2.27. The van der Waals surface area contributed by atoms with E-state index in [2.05, 4.69) is 6.58 Å². The van der Waals surface area contributed by atoms with Crippen molar-refractivity contribution in [3.8, 4) is 17.2 Å². The number of allylic oxidation sites excluding steroid dienone is 1. The summed E-state index contributed by atoms with van der Waals surface area (Å²) in [7, 11) is 1.57. The number of benzene rings is 3. The lowest BCUT2D eigenvalue weighted by molar-refractivity contribution is -0.113. The van der Waals surface area contributed by atoms with Gasteiger partial charge >= 0.3 is 0 Å². The van der Waals surface area contributed by atoms with Crippen LogP contribution >= 0.6 is 24.0 Å². The van der Waals surface area contributed by atoms with Crippen molar-refractivity contribution >= 4 is 46.0 Å². The van der Waals surface area contributed by atoms with Crippen LogP contribution in [0.5, 0.6) is 17.2 Å². The first kappa shape index (κ1) is 25.5. The van der Waals surface area contributed by atoms with Crippen molar-refractivity contribution in [2.45, 2.75) is 20.0 Å². The summed E-state index contributed by atoms with van der Waals surface area (Å²) in [6, 6.07) is 21.2. The molecular weight excluding hydrogens is 490 g/mol. The van der Waals surface area contributed by atoms with E-state index in [9.17, 15) is 4.79 Å². The number of thiocarbonyl (C=S) groups is 1. The Labute approximate surface area is 221 Å². The Bertz CT molecular complexity index is 1300. The second-order valence-corrected chi connectivity index (χ2v) is 9.57. The Kier molecular flexibility index (Phi) is 8.46. The number of anilines is 1. The standard InChI is InChI=1S/C29H27NO4S2/c1-4-11-22-16-21(17-25(33-5-2)27(22)34-19-20-12-7-6-8-13-20)18-26-28(31)30(29(35)36-26)23-14-9-10-15-24(23)32-3/h4,6-10,12-18H,1,5,11,19H2,2-3H3/b26-18-. The quantitative estimate of drug-likeness (QED) is 0.167. The number of carbonyl (C=O) groups is 1. The number of hydrogen-bond acceptors (Lipinski definition) is 6. The molecule has 0 aliphatic carbocycles. The first-order valence-corrected chi connectivity index (χ1v) is 12.8. The van der Waals surface area contributed by atoms with Crippen LogP contribution in [0, 0.1) is 0 Å². The van der Waals surface area contributed by atoms with E-state index >= 15 is 0 Å². The number of nitrogens with zero attached hydrogens (tertiary/aromatic N) is 1. The Morgan fingerprint density at radius 1 is 1.03 bits per heavy atom. The minimum absolute atomic E-state index is 0.192. The molecule has 0 unspecified atom stereocenters. The van der Waals surface area contributed by atoms with Gasteiger partial charge in [-0.05, 0) is 54.8 Å². The maximum absolute atomic E-state index is 13.4. The van der Waals surface area contributed by atoms with E-state index in [1.807, 2.05) is 85.8 Å². The molecule has 0 N–H and O–H groups in total. The van der Waals surface area contributed by atoms with Crippen LogP contribution in [-0.4, -0.2) is 23.9 Å². The molecule has 0 atom stereocenters. The van der Waals surface area contributed by atoms with Gasteiger partial charge in [0, 0.05) is 5.56 Å². The molecule has 5 nitrogen and oxygen atoms in total. The van der Waals surface area contributed by atoms with Crippen LogP contribution in [0.1, 0.15) is 23.6 Å². The van der Waals surface area contributed by atoms with Gasteiger partial charge in [0.2, 0.25) is 0 Å². The molecule has 1 aliphatic heterocycles. The summed E-state index contributed by atoms with van der Waals surface area (Å²) in [6.45, 7) is 6.73. The first-order valence-electron chi connectivity index (χ1n) is 11.5. The second kappa shape index (κ2) is 11.9. The van der Waals surface area contributed by atoms with Gasteiger partial charge in [0.05, 0.1) is 24.3 Å². The number of amides is 1. The van der Waals surface area contributed by atoms with Crippen LogP contribution in [-0.2, 0) is 17.8 Å². The van der Waals surface area contributed by atoms with Crippen molar-refractivity contribution < 1.29 is 19.0 Å². The largest absolute Gasteiger partial charge is 0.495 e. The van der Waals surface area contributed by atoms with Gasteiger partial charge in [0.25, 0.3) is 5.91 Å². The van der Waals surface area contributed by atoms with E-state index in [4.69, 9.17) is 26.4 Å². The van der Waals surface area contributed by atoms with Gasteiger partial charge < -0.3 is 14.2 Å². The van der Waals surface area contributed by atoms with E-state index in [1.54, 1.807) is 7.11 Å².